The van der Waals surface area contributed by atoms with E-state index in [1.807, 2.05) is 45.0 Å². The summed E-state index contributed by atoms with van der Waals surface area (Å²) in [5.41, 5.74) is 2.78. The van der Waals surface area contributed by atoms with Crippen LogP contribution in [0.1, 0.15) is 45.9 Å². The van der Waals surface area contributed by atoms with Crippen molar-refractivity contribution in [3.63, 3.8) is 0 Å². The number of H-pyrrole nitrogens is 1. The van der Waals surface area contributed by atoms with Crippen molar-refractivity contribution in [3.8, 4) is 0 Å². The fourth-order valence-electron chi connectivity index (χ4n) is 2.76. The van der Waals surface area contributed by atoms with Gasteiger partial charge in [0.1, 0.15) is 11.4 Å². The molecule has 0 aliphatic heterocycles. The van der Waals surface area contributed by atoms with Crippen LogP contribution in [0.4, 0.5) is 4.79 Å². The van der Waals surface area contributed by atoms with E-state index in [9.17, 15) is 4.79 Å². The van der Waals surface area contributed by atoms with E-state index >= 15 is 0 Å². The molecular weight excluding hydrogens is 290 g/mol. The van der Waals surface area contributed by atoms with Crippen LogP contribution in [0.25, 0.3) is 16.6 Å². The monoisotopic (exact) mass is 313 g/mol. The van der Waals surface area contributed by atoms with Gasteiger partial charge in [-0.25, -0.2) is 9.78 Å². The lowest BCUT2D eigenvalue weighted by molar-refractivity contribution is 0.0502. The van der Waals surface area contributed by atoms with E-state index in [2.05, 4.69) is 21.4 Å². The number of hydrogen-bond acceptors (Lipinski definition) is 3. The maximum absolute atomic E-state index is 11.8. The summed E-state index contributed by atoms with van der Waals surface area (Å²) in [7, 11) is 0. The van der Waals surface area contributed by atoms with Gasteiger partial charge in [0, 0.05) is 6.04 Å². The highest BCUT2D eigenvalue weighted by atomic mass is 16.6. The third kappa shape index (κ3) is 3.92. The summed E-state index contributed by atoms with van der Waals surface area (Å²) in [6, 6.07) is 8.15. The molecule has 0 fully saturated rings. The number of aromatic nitrogens is 2. The van der Waals surface area contributed by atoms with Gasteiger partial charge in [-0.3, -0.25) is 0 Å². The Kier molecular flexibility index (Phi) is 4.11. The normalized spacial score (nSPS) is 18.6. The molecule has 1 unspecified atom stereocenters. The molecule has 122 valence electrons. The van der Waals surface area contributed by atoms with Gasteiger partial charge < -0.3 is 15.0 Å². The highest BCUT2D eigenvalue weighted by Gasteiger charge is 2.22. The summed E-state index contributed by atoms with van der Waals surface area (Å²) in [6.45, 7) is 5.60. The molecule has 2 aromatic rings. The predicted octanol–water partition coefficient (Wildman–Crippen LogP) is 4.02. The number of benzene rings is 1. The van der Waals surface area contributed by atoms with Crippen LogP contribution in [0.15, 0.2) is 30.3 Å². The summed E-state index contributed by atoms with van der Waals surface area (Å²) >= 11 is 0. The van der Waals surface area contributed by atoms with E-state index in [0.29, 0.717) is 0 Å². The Morgan fingerprint density at radius 2 is 2.13 bits per heavy atom. The number of allylic oxidation sites excluding steroid dienone is 1. The van der Waals surface area contributed by atoms with Gasteiger partial charge in [0.2, 0.25) is 0 Å². The Hall–Kier alpha value is -2.30. The molecule has 5 nitrogen and oxygen atoms in total. The van der Waals surface area contributed by atoms with Gasteiger partial charge in [0.05, 0.1) is 11.0 Å². The molecule has 1 aromatic carbocycles. The van der Waals surface area contributed by atoms with Crippen LogP contribution in [-0.4, -0.2) is 27.7 Å². The fourth-order valence-corrected chi connectivity index (χ4v) is 2.76. The molecule has 1 aliphatic rings. The van der Waals surface area contributed by atoms with Crippen molar-refractivity contribution < 1.29 is 9.53 Å². The summed E-state index contributed by atoms with van der Waals surface area (Å²) in [4.78, 5) is 19.8. The van der Waals surface area contributed by atoms with E-state index in [1.165, 1.54) is 5.57 Å². The molecule has 1 aliphatic carbocycles. The first-order valence-corrected chi connectivity index (χ1v) is 8.04. The number of imidazole rings is 1. The van der Waals surface area contributed by atoms with Gasteiger partial charge >= 0.3 is 6.09 Å². The zero-order chi connectivity index (χ0) is 16.4. The number of fused-ring (bicyclic) bond motifs is 1. The Morgan fingerprint density at radius 1 is 1.35 bits per heavy atom. The van der Waals surface area contributed by atoms with Gasteiger partial charge in [0.25, 0.3) is 0 Å². The highest BCUT2D eigenvalue weighted by molar-refractivity contribution is 5.78. The number of alkyl carbamates (subject to hydrolysis) is 1. The number of amides is 1. The number of aromatic amines is 1. The second-order valence-electron chi connectivity index (χ2n) is 6.95. The first-order chi connectivity index (χ1) is 10.9. The van der Waals surface area contributed by atoms with E-state index in [1.54, 1.807) is 0 Å². The van der Waals surface area contributed by atoms with Crippen molar-refractivity contribution in [1.82, 2.24) is 15.3 Å². The minimum Gasteiger partial charge on any atom is -0.444 e. The van der Waals surface area contributed by atoms with Gasteiger partial charge in [-0.1, -0.05) is 18.2 Å². The van der Waals surface area contributed by atoms with Crippen LogP contribution in [0.2, 0.25) is 0 Å². The van der Waals surface area contributed by atoms with Crippen molar-refractivity contribution in [2.45, 2.75) is 51.7 Å². The molecule has 0 saturated heterocycles. The lowest BCUT2D eigenvalue weighted by Gasteiger charge is -2.25. The second kappa shape index (κ2) is 6.07. The van der Waals surface area contributed by atoms with Crippen molar-refractivity contribution >= 4 is 22.7 Å². The topological polar surface area (TPSA) is 67.0 Å². The molecule has 1 atom stereocenters. The van der Waals surface area contributed by atoms with Crippen LogP contribution in [0.5, 0.6) is 0 Å². The van der Waals surface area contributed by atoms with Crippen molar-refractivity contribution in [2.75, 3.05) is 0 Å². The molecule has 1 heterocycles. The molecule has 1 amide bonds. The molecule has 0 spiro atoms. The minimum atomic E-state index is -0.464. The van der Waals surface area contributed by atoms with Crippen molar-refractivity contribution in [3.05, 3.63) is 36.2 Å². The van der Waals surface area contributed by atoms with Crippen LogP contribution >= 0.6 is 0 Å². The minimum absolute atomic E-state index is 0.123. The fraction of sp³-hybridized carbons (Fsp3) is 0.444. The summed E-state index contributed by atoms with van der Waals surface area (Å²) < 4.78 is 5.30. The Bertz CT molecular complexity index is 707. The van der Waals surface area contributed by atoms with Crippen molar-refractivity contribution in [1.29, 1.82) is 0 Å². The lowest BCUT2D eigenvalue weighted by atomic mass is 9.95. The number of rotatable bonds is 2. The molecule has 23 heavy (non-hydrogen) atoms. The van der Waals surface area contributed by atoms with Crippen LogP contribution in [-0.2, 0) is 4.74 Å². The van der Waals surface area contributed by atoms with Gasteiger partial charge in [-0.2, -0.15) is 0 Å². The van der Waals surface area contributed by atoms with E-state index in [0.717, 1.165) is 36.1 Å². The van der Waals surface area contributed by atoms with Crippen LogP contribution < -0.4 is 5.32 Å². The van der Waals surface area contributed by atoms with Crippen molar-refractivity contribution in [2.24, 2.45) is 0 Å². The van der Waals surface area contributed by atoms with Gasteiger partial charge in [-0.05, 0) is 57.7 Å². The largest absolute Gasteiger partial charge is 0.444 e. The molecule has 2 N–H and O–H groups in total. The molecular formula is C18H23N3O2. The Balaban J connectivity index is 1.63. The van der Waals surface area contributed by atoms with Crippen LogP contribution in [0.3, 0.4) is 0 Å². The molecule has 0 radical (unpaired) electrons. The molecule has 3 rings (SSSR count). The number of carbonyl (C=O) groups excluding carboxylic acids is 1. The van der Waals surface area contributed by atoms with Gasteiger partial charge in [0.15, 0.2) is 0 Å². The zero-order valence-corrected chi connectivity index (χ0v) is 13.8. The third-order valence-corrected chi connectivity index (χ3v) is 3.83. The quantitative estimate of drug-likeness (QED) is 0.880. The van der Waals surface area contributed by atoms with E-state index in [4.69, 9.17) is 4.74 Å². The average Bonchev–Trinajstić information content (AvgIpc) is 2.89. The molecule has 0 bridgehead atoms. The first kappa shape index (κ1) is 15.6. The number of nitrogens with one attached hydrogen (secondary N) is 2. The maximum Gasteiger partial charge on any atom is 0.407 e. The standard InChI is InChI=1S/C18H23N3O2/c1-18(2,3)23-17(22)19-13-10-8-12(9-11-13)16-20-14-6-4-5-7-15(14)21-16/h4-8,13H,9-11H2,1-3H3,(H,19,22)(H,20,21). The maximum atomic E-state index is 11.8. The average molecular weight is 313 g/mol. The third-order valence-electron chi connectivity index (χ3n) is 3.83. The van der Waals surface area contributed by atoms with E-state index in [-0.39, 0.29) is 12.1 Å². The number of hydrogen-bond donors (Lipinski definition) is 2. The second-order valence-corrected chi connectivity index (χ2v) is 6.95. The molecule has 0 saturated carbocycles. The van der Waals surface area contributed by atoms with Gasteiger partial charge in [-0.15, -0.1) is 0 Å². The first-order valence-electron chi connectivity index (χ1n) is 8.04. The van der Waals surface area contributed by atoms with Crippen LogP contribution in [0, 0.1) is 0 Å². The number of carbonyl (C=O) groups is 1. The van der Waals surface area contributed by atoms with E-state index < -0.39 is 5.60 Å². The zero-order valence-electron chi connectivity index (χ0n) is 13.8. The smallest absolute Gasteiger partial charge is 0.407 e. The molecule has 1 aromatic heterocycles. The summed E-state index contributed by atoms with van der Waals surface area (Å²) in [6.07, 6.45) is 4.39. The summed E-state index contributed by atoms with van der Waals surface area (Å²) in [5, 5.41) is 2.94. The number of ether oxygens (including phenoxy) is 1. The highest BCUT2D eigenvalue weighted by Crippen LogP contribution is 2.27. The Morgan fingerprint density at radius 3 is 2.78 bits per heavy atom. The molecule has 5 heteroatoms. The summed E-state index contributed by atoms with van der Waals surface area (Å²) in [5.74, 6) is 0.932. The SMILES string of the molecule is CC(C)(C)OC(=O)NC1CC=C(c2nc3ccccc3[nH]2)CC1. The number of para-hydroxylation sites is 2. The lowest BCUT2D eigenvalue weighted by Crippen LogP contribution is -2.39. The number of nitrogens with zero attached hydrogens (tertiary/aromatic N) is 1. The predicted molar refractivity (Wildman–Crippen MR) is 91.1 cm³/mol. The Labute approximate surface area is 136 Å².